The molecule has 5 heteroatoms. The van der Waals surface area contributed by atoms with Crippen molar-refractivity contribution >= 4 is 28.5 Å². The molecule has 5 nitrogen and oxygen atoms in total. The summed E-state index contributed by atoms with van der Waals surface area (Å²) in [6.45, 7) is 2.72. The molecule has 124 valence electrons. The van der Waals surface area contributed by atoms with Crippen LogP contribution in [-0.2, 0) is 4.74 Å². The van der Waals surface area contributed by atoms with Crippen molar-refractivity contribution in [2.75, 3.05) is 19.0 Å². The summed E-state index contributed by atoms with van der Waals surface area (Å²) in [5, 5.41) is 14.3. The lowest BCUT2D eigenvalue weighted by atomic mass is 10.2. The second kappa shape index (κ2) is 7.19. The first-order chi connectivity index (χ1) is 11.7. The Balaban J connectivity index is 1.75. The van der Waals surface area contributed by atoms with E-state index in [4.69, 9.17) is 4.74 Å². The minimum atomic E-state index is 0.131. The maximum absolute atomic E-state index is 10.0. The maximum atomic E-state index is 10.0. The van der Waals surface area contributed by atoms with E-state index in [0.29, 0.717) is 12.2 Å². The SMILES string of the molecule is COCC(C)Nc1ccc(N=Cc2c(O)[nH]c3ccccc23)cc1. The Bertz CT molecular complexity index is 837. The molecule has 0 radical (unpaired) electrons. The Hall–Kier alpha value is -2.79. The maximum Gasteiger partial charge on any atom is 0.198 e. The Labute approximate surface area is 141 Å². The van der Waals surface area contributed by atoms with E-state index < -0.39 is 0 Å². The van der Waals surface area contributed by atoms with Crippen LogP contribution >= 0.6 is 0 Å². The molecule has 0 aliphatic carbocycles. The fourth-order valence-electron chi connectivity index (χ4n) is 2.64. The number of hydrogen-bond acceptors (Lipinski definition) is 4. The van der Waals surface area contributed by atoms with Crippen molar-refractivity contribution in [2.45, 2.75) is 13.0 Å². The average molecular weight is 323 g/mol. The highest BCUT2D eigenvalue weighted by atomic mass is 16.5. The van der Waals surface area contributed by atoms with Crippen LogP contribution in [0.25, 0.3) is 10.9 Å². The smallest absolute Gasteiger partial charge is 0.198 e. The molecule has 0 aliphatic heterocycles. The van der Waals surface area contributed by atoms with Gasteiger partial charge in [0.25, 0.3) is 0 Å². The summed E-state index contributed by atoms with van der Waals surface area (Å²) >= 11 is 0. The number of hydrogen-bond donors (Lipinski definition) is 3. The lowest BCUT2D eigenvalue weighted by Crippen LogP contribution is -2.20. The van der Waals surface area contributed by atoms with E-state index >= 15 is 0 Å². The molecule has 1 heterocycles. The van der Waals surface area contributed by atoms with Gasteiger partial charge >= 0.3 is 0 Å². The second-order valence-corrected chi connectivity index (χ2v) is 5.74. The zero-order valence-electron chi connectivity index (χ0n) is 13.8. The molecule has 0 aliphatic rings. The Morgan fingerprint density at radius 1 is 1.21 bits per heavy atom. The van der Waals surface area contributed by atoms with Gasteiger partial charge < -0.3 is 20.1 Å². The van der Waals surface area contributed by atoms with Crippen molar-refractivity contribution < 1.29 is 9.84 Å². The third-order valence-electron chi connectivity index (χ3n) is 3.77. The van der Waals surface area contributed by atoms with E-state index in [1.54, 1.807) is 13.3 Å². The molecule has 3 aromatic rings. The molecule has 1 atom stereocenters. The van der Waals surface area contributed by atoms with Crippen molar-refractivity contribution in [3.8, 4) is 5.88 Å². The van der Waals surface area contributed by atoms with E-state index in [1.807, 2.05) is 48.5 Å². The summed E-state index contributed by atoms with van der Waals surface area (Å²) < 4.78 is 5.11. The Kier molecular flexibility index (Phi) is 4.82. The summed E-state index contributed by atoms with van der Waals surface area (Å²) in [5.41, 5.74) is 3.43. The highest BCUT2D eigenvalue weighted by Crippen LogP contribution is 2.26. The van der Waals surface area contributed by atoms with Gasteiger partial charge in [-0.3, -0.25) is 4.99 Å². The van der Waals surface area contributed by atoms with Crippen LogP contribution in [0.4, 0.5) is 11.4 Å². The van der Waals surface area contributed by atoms with Crippen LogP contribution in [0.3, 0.4) is 0 Å². The lowest BCUT2D eigenvalue weighted by molar-refractivity contribution is 0.190. The molecule has 24 heavy (non-hydrogen) atoms. The number of rotatable bonds is 6. The van der Waals surface area contributed by atoms with Crippen molar-refractivity contribution in [3.63, 3.8) is 0 Å². The van der Waals surface area contributed by atoms with E-state index in [0.717, 1.165) is 22.3 Å². The first-order valence-corrected chi connectivity index (χ1v) is 7.86. The van der Waals surface area contributed by atoms with Crippen molar-refractivity contribution in [1.29, 1.82) is 0 Å². The number of ether oxygens (including phenoxy) is 1. The number of anilines is 1. The van der Waals surface area contributed by atoms with E-state index in [-0.39, 0.29) is 11.9 Å². The van der Waals surface area contributed by atoms with Gasteiger partial charge in [0.2, 0.25) is 0 Å². The van der Waals surface area contributed by atoms with E-state index in [2.05, 4.69) is 22.2 Å². The predicted octanol–water partition coefficient (Wildman–Crippen LogP) is 4.07. The molecule has 0 bridgehead atoms. The van der Waals surface area contributed by atoms with Crippen molar-refractivity contribution in [1.82, 2.24) is 4.98 Å². The molecule has 0 fully saturated rings. The number of aromatic amines is 1. The van der Waals surface area contributed by atoms with Crippen LogP contribution in [0.15, 0.2) is 53.5 Å². The molecule has 0 spiro atoms. The lowest BCUT2D eigenvalue weighted by Gasteiger charge is -2.13. The average Bonchev–Trinajstić information content (AvgIpc) is 2.90. The number of methoxy groups -OCH3 is 1. The number of benzene rings is 2. The Morgan fingerprint density at radius 2 is 1.96 bits per heavy atom. The first kappa shape index (κ1) is 16.1. The van der Waals surface area contributed by atoms with Crippen LogP contribution in [0, 0.1) is 0 Å². The normalized spacial score (nSPS) is 12.8. The monoisotopic (exact) mass is 323 g/mol. The summed E-state index contributed by atoms with van der Waals surface area (Å²) in [4.78, 5) is 7.41. The molecule has 1 aromatic heterocycles. The highest BCUT2D eigenvalue weighted by molar-refractivity contribution is 6.02. The predicted molar refractivity (Wildman–Crippen MR) is 98.6 cm³/mol. The molecule has 3 rings (SSSR count). The van der Waals surface area contributed by atoms with Crippen LogP contribution in [0.5, 0.6) is 5.88 Å². The zero-order chi connectivity index (χ0) is 16.9. The zero-order valence-corrected chi connectivity index (χ0v) is 13.8. The van der Waals surface area contributed by atoms with Gasteiger partial charge in [0.05, 0.1) is 17.9 Å². The largest absolute Gasteiger partial charge is 0.494 e. The van der Waals surface area contributed by atoms with E-state index in [1.165, 1.54) is 0 Å². The minimum Gasteiger partial charge on any atom is -0.494 e. The number of fused-ring (bicyclic) bond motifs is 1. The fraction of sp³-hybridized carbons (Fsp3) is 0.211. The quantitative estimate of drug-likeness (QED) is 0.599. The molecule has 0 saturated heterocycles. The standard InChI is InChI=1S/C19H21N3O2/c1-13(12-24-2)21-15-9-7-14(8-10-15)20-11-17-16-5-3-4-6-18(16)22-19(17)23/h3-11,13,21-23H,12H2,1-2H3. The topological polar surface area (TPSA) is 69.6 Å². The first-order valence-electron chi connectivity index (χ1n) is 7.86. The summed E-state index contributed by atoms with van der Waals surface area (Å²) in [5.74, 6) is 0.131. The van der Waals surface area contributed by atoms with Crippen LogP contribution in [0.2, 0.25) is 0 Å². The number of aliphatic imine (C=N–C) groups is 1. The van der Waals surface area contributed by atoms with Crippen molar-refractivity contribution in [3.05, 3.63) is 54.1 Å². The molecular formula is C19H21N3O2. The van der Waals surface area contributed by atoms with Gasteiger partial charge in [0, 0.05) is 36.0 Å². The van der Waals surface area contributed by atoms with Crippen LogP contribution in [-0.4, -0.2) is 36.1 Å². The summed E-state index contributed by atoms with van der Waals surface area (Å²) in [7, 11) is 1.69. The highest BCUT2D eigenvalue weighted by Gasteiger charge is 2.07. The molecule has 2 aromatic carbocycles. The van der Waals surface area contributed by atoms with Crippen molar-refractivity contribution in [2.24, 2.45) is 4.99 Å². The van der Waals surface area contributed by atoms with Gasteiger partial charge in [-0.15, -0.1) is 0 Å². The Morgan fingerprint density at radius 3 is 2.71 bits per heavy atom. The number of aromatic hydroxyl groups is 1. The van der Waals surface area contributed by atoms with Gasteiger partial charge in [-0.2, -0.15) is 0 Å². The van der Waals surface area contributed by atoms with Crippen LogP contribution in [0.1, 0.15) is 12.5 Å². The molecule has 0 amide bonds. The number of nitrogens with zero attached hydrogens (tertiary/aromatic N) is 1. The molecule has 0 saturated carbocycles. The van der Waals surface area contributed by atoms with Crippen LogP contribution < -0.4 is 5.32 Å². The van der Waals surface area contributed by atoms with Gasteiger partial charge in [0.1, 0.15) is 0 Å². The number of H-pyrrole nitrogens is 1. The summed E-state index contributed by atoms with van der Waals surface area (Å²) in [6, 6.07) is 15.8. The minimum absolute atomic E-state index is 0.131. The fourth-order valence-corrected chi connectivity index (χ4v) is 2.64. The van der Waals surface area contributed by atoms with Gasteiger partial charge in [0.15, 0.2) is 5.88 Å². The number of para-hydroxylation sites is 1. The molecule has 3 N–H and O–H groups in total. The molecule has 1 unspecified atom stereocenters. The van der Waals surface area contributed by atoms with Gasteiger partial charge in [-0.25, -0.2) is 0 Å². The van der Waals surface area contributed by atoms with E-state index in [9.17, 15) is 5.11 Å². The number of aromatic nitrogens is 1. The second-order valence-electron chi connectivity index (χ2n) is 5.74. The third kappa shape index (κ3) is 3.58. The summed E-state index contributed by atoms with van der Waals surface area (Å²) in [6.07, 6.45) is 1.68. The number of nitrogens with one attached hydrogen (secondary N) is 2. The molecular weight excluding hydrogens is 302 g/mol. The van der Waals surface area contributed by atoms with Gasteiger partial charge in [-0.1, -0.05) is 18.2 Å². The van der Waals surface area contributed by atoms with Gasteiger partial charge in [-0.05, 0) is 37.3 Å². The third-order valence-corrected chi connectivity index (χ3v) is 3.77.